The summed E-state index contributed by atoms with van der Waals surface area (Å²) in [6, 6.07) is 0. The predicted octanol–water partition coefficient (Wildman–Crippen LogP) is 3.27. The maximum Gasteiger partial charge on any atom is 0.143 e. The molecule has 2 saturated heterocycles. The first kappa shape index (κ1) is 7.41. The fourth-order valence-electron chi connectivity index (χ4n) is 1.53. The smallest absolute Gasteiger partial charge is 0.0570 e. The number of hydrogen-bond acceptors (Lipinski definition) is 3. The van der Waals surface area contributed by atoms with Gasteiger partial charge in [-0.1, -0.05) is 28.0 Å². The van der Waals surface area contributed by atoms with Crippen molar-refractivity contribution in [3.63, 3.8) is 0 Å². The molecular weight excluding hydrogens is 315 g/mol. The van der Waals surface area contributed by atoms with E-state index in [1.807, 2.05) is 0 Å². The normalized spacial score (nSPS) is 57.1. The number of fused-ring (bicyclic) bond motifs is 1. The lowest BCUT2D eigenvalue weighted by Crippen LogP contribution is -2.19. The molecule has 0 aromatic rings. The molecule has 3 aliphatic rings. The van der Waals surface area contributed by atoms with E-state index in [4.69, 9.17) is 11.2 Å². The van der Waals surface area contributed by atoms with Crippen LogP contribution >= 0.6 is 42.8 Å². The summed E-state index contributed by atoms with van der Waals surface area (Å²) in [5, 5.41) is 0. The highest BCUT2D eigenvalue weighted by Gasteiger charge is 2.91. The van der Waals surface area contributed by atoms with E-state index in [0.717, 1.165) is 5.92 Å². The molecule has 2 heterocycles. The van der Waals surface area contributed by atoms with Gasteiger partial charge in [-0.3, -0.25) is 0 Å². The molecule has 0 spiro atoms. The van der Waals surface area contributed by atoms with Crippen molar-refractivity contribution in [2.75, 3.05) is 0 Å². The van der Waals surface area contributed by atoms with Crippen molar-refractivity contribution in [1.29, 1.82) is 0 Å². The van der Waals surface area contributed by atoms with Gasteiger partial charge in [0.05, 0.1) is 0 Å². The molecule has 3 fully saturated rings. The highest BCUT2D eigenvalue weighted by atomic mass is 127. The molecule has 0 radical (unpaired) electrons. The average molecular weight is 322 g/mol. The van der Waals surface area contributed by atoms with Crippen molar-refractivity contribution in [1.82, 2.24) is 0 Å². The standard InChI is InChI=1S/C5H7IS4/c6-10(7)5(8-10,9-10)4-2-1-3-4/h4H,1-3H2. The summed E-state index contributed by atoms with van der Waals surface area (Å²) >= 11 is 8.20. The van der Waals surface area contributed by atoms with E-state index in [0.29, 0.717) is 3.41 Å². The van der Waals surface area contributed by atoms with Crippen molar-refractivity contribution < 1.29 is 0 Å². The van der Waals surface area contributed by atoms with Crippen LogP contribution in [0.1, 0.15) is 19.3 Å². The molecule has 10 heavy (non-hydrogen) atoms. The van der Waals surface area contributed by atoms with Gasteiger partial charge in [0, 0.05) is 21.2 Å². The molecule has 0 unspecified atom stereocenters. The summed E-state index contributed by atoms with van der Waals surface area (Å²) < 4.78 is -0.589. The van der Waals surface area contributed by atoms with E-state index >= 15 is 0 Å². The van der Waals surface area contributed by atoms with Gasteiger partial charge < -0.3 is 0 Å². The fraction of sp³-hybridized carbons (Fsp3) is 1.00. The summed E-state index contributed by atoms with van der Waals surface area (Å²) in [5.41, 5.74) is 0. The van der Waals surface area contributed by atoms with E-state index < -0.39 is 2.96 Å². The minimum absolute atomic E-state index is 0.630. The van der Waals surface area contributed by atoms with Crippen molar-refractivity contribution in [2.24, 2.45) is 5.92 Å². The third kappa shape index (κ3) is 0.625. The lowest BCUT2D eigenvalue weighted by atomic mass is 9.87. The Morgan fingerprint density at radius 2 is 2.00 bits per heavy atom. The molecule has 1 aliphatic carbocycles. The molecule has 0 nitrogen and oxygen atoms in total. The number of hydrogen-bond donors (Lipinski definition) is 0. The van der Waals surface area contributed by atoms with Gasteiger partial charge >= 0.3 is 0 Å². The molecule has 3 rings (SSSR count). The summed E-state index contributed by atoms with van der Waals surface area (Å²) in [6.45, 7) is 0. The Balaban J connectivity index is 1.94. The van der Waals surface area contributed by atoms with Crippen LogP contribution in [0.2, 0.25) is 0 Å². The maximum atomic E-state index is 5.63. The summed E-state index contributed by atoms with van der Waals surface area (Å²) in [6.07, 6.45) is 4.39. The first-order chi connectivity index (χ1) is 4.56. The van der Waals surface area contributed by atoms with Gasteiger partial charge in [0.25, 0.3) is 0 Å². The minimum atomic E-state index is -1.22. The Kier molecular flexibility index (Phi) is 1.21. The second-order valence-corrected chi connectivity index (χ2v) is 27.2. The van der Waals surface area contributed by atoms with E-state index in [9.17, 15) is 0 Å². The van der Waals surface area contributed by atoms with Gasteiger partial charge in [-0.15, -0.1) is 0 Å². The molecule has 0 amide bonds. The van der Waals surface area contributed by atoms with Crippen LogP contribution in [0.25, 0.3) is 0 Å². The largest absolute Gasteiger partial charge is 0.143 e. The van der Waals surface area contributed by atoms with E-state index in [1.165, 1.54) is 19.3 Å². The van der Waals surface area contributed by atoms with Crippen molar-refractivity contribution in [2.45, 2.75) is 22.7 Å². The van der Waals surface area contributed by atoms with Crippen LogP contribution in [0.4, 0.5) is 0 Å². The molecule has 58 valence electrons. The molecule has 5 heteroatoms. The van der Waals surface area contributed by atoms with Crippen LogP contribution in [-0.4, -0.2) is 3.41 Å². The van der Waals surface area contributed by atoms with Gasteiger partial charge in [0.2, 0.25) is 0 Å². The zero-order valence-electron chi connectivity index (χ0n) is 5.21. The third-order valence-corrected chi connectivity index (χ3v) is 24.0. The van der Waals surface area contributed by atoms with Gasteiger partial charge in [0.1, 0.15) is 3.41 Å². The molecule has 0 aromatic heterocycles. The SMILES string of the molecule is S=S12(I)SC1(C1CCC1)S2. The molecular formula is C5H7IS4. The highest BCUT2D eigenvalue weighted by Crippen LogP contribution is 3.09. The van der Waals surface area contributed by atoms with Crippen LogP contribution in [0, 0.1) is 5.92 Å². The highest BCUT2D eigenvalue weighted by molar-refractivity contribution is 14.2. The predicted molar refractivity (Wildman–Crippen MR) is 64.0 cm³/mol. The number of halogens is 1. The fourth-order valence-corrected chi connectivity index (χ4v) is 28.5. The van der Waals surface area contributed by atoms with Crippen LogP contribution in [0.3, 0.4) is 0 Å². The Bertz CT molecular complexity index is 269. The second-order valence-electron chi connectivity index (χ2n) is 3.12. The Morgan fingerprint density at radius 3 is 2.10 bits per heavy atom. The van der Waals surface area contributed by atoms with Crippen molar-refractivity contribution in [3.8, 4) is 0 Å². The molecule has 2 aliphatic heterocycles. The Morgan fingerprint density at radius 1 is 1.50 bits per heavy atom. The zero-order chi connectivity index (χ0) is 7.06. The van der Waals surface area contributed by atoms with Crippen molar-refractivity contribution in [3.05, 3.63) is 0 Å². The molecule has 0 atom stereocenters. The minimum Gasteiger partial charge on any atom is -0.0570 e. The molecule has 0 aromatic carbocycles. The third-order valence-electron chi connectivity index (χ3n) is 2.52. The summed E-state index contributed by atoms with van der Waals surface area (Å²) in [7, 11) is 4.26. The average Bonchev–Trinajstić information content (AvgIpc) is 2.10. The Hall–Kier alpha value is 2.00. The molecule has 0 bridgehead atoms. The maximum absolute atomic E-state index is 5.63. The van der Waals surface area contributed by atoms with Crippen LogP contribution < -0.4 is 0 Å². The first-order valence-corrected chi connectivity index (χ1v) is 11.5. The summed E-state index contributed by atoms with van der Waals surface area (Å²) in [4.78, 5) is 0. The zero-order valence-corrected chi connectivity index (χ0v) is 10.6. The van der Waals surface area contributed by atoms with Crippen LogP contribution in [0.15, 0.2) is 0 Å². The lowest BCUT2D eigenvalue weighted by Gasteiger charge is -2.24. The first-order valence-electron chi connectivity index (χ1n) is 3.37. The van der Waals surface area contributed by atoms with Gasteiger partial charge in [-0.05, 0) is 32.9 Å². The van der Waals surface area contributed by atoms with Crippen molar-refractivity contribution >= 4 is 56.9 Å². The number of rotatable bonds is 1. The van der Waals surface area contributed by atoms with E-state index in [-0.39, 0.29) is 0 Å². The lowest BCUT2D eigenvalue weighted by molar-refractivity contribution is 0.337. The molecule has 1 saturated carbocycles. The quantitative estimate of drug-likeness (QED) is 0.315. The summed E-state index contributed by atoms with van der Waals surface area (Å²) in [5.74, 6) is 1.01. The molecule has 0 N–H and O–H groups in total. The topological polar surface area (TPSA) is 0 Å². The van der Waals surface area contributed by atoms with Gasteiger partial charge in [0.15, 0.2) is 0 Å². The van der Waals surface area contributed by atoms with Crippen LogP contribution in [0.5, 0.6) is 0 Å². The van der Waals surface area contributed by atoms with E-state index in [1.54, 1.807) is 0 Å². The van der Waals surface area contributed by atoms with Crippen LogP contribution in [-0.2, 0) is 14.1 Å². The van der Waals surface area contributed by atoms with E-state index in [2.05, 4.69) is 42.8 Å². The Labute approximate surface area is 84.6 Å². The van der Waals surface area contributed by atoms with Gasteiger partial charge in [-0.25, -0.2) is 0 Å². The van der Waals surface area contributed by atoms with Gasteiger partial charge in [-0.2, -0.15) is 0 Å². The second kappa shape index (κ2) is 1.63. The monoisotopic (exact) mass is 322 g/mol.